The average molecular weight is 294 g/mol. The highest BCUT2D eigenvalue weighted by molar-refractivity contribution is 9.10. The molecule has 0 N–H and O–H groups in total. The molecule has 0 aromatic heterocycles. The first-order chi connectivity index (χ1) is 6.97. The Bertz CT molecular complexity index is 435. The molecule has 0 radical (unpaired) electrons. The van der Waals surface area contributed by atoms with Crippen molar-refractivity contribution in [3.05, 3.63) is 32.3 Å². The summed E-state index contributed by atoms with van der Waals surface area (Å²) in [6, 6.07) is 2.39. The number of carbonyl (C=O) groups excluding carboxylic acids is 1. The predicted molar refractivity (Wildman–Crippen MR) is 57.5 cm³/mol. The van der Waals surface area contributed by atoms with Crippen molar-refractivity contribution in [3.63, 3.8) is 0 Å². The minimum atomic E-state index is -0.771. The number of nitrogens with zero attached hydrogens (tertiary/aromatic N) is 1. The van der Waals surface area contributed by atoms with Crippen LogP contribution < -0.4 is 4.74 Å². The predicted octanol–water partition coefficient (Wildman–Crippen LogP) is 2.74. The van der Waals surface area contributed by atoms with Crippen molar-refractivity contribution < 1.29 is 14.5 Å². The smallest absolute Gasteiger partial charge is 0.311 e. The van der Waals surface area contributed by atoms with Crippen LogP contribution in [0.4, 0.5) is 5.69 Å². The molecule has 0 amide bonds. The van der Waals surface area contributed by atoms with Crippen LogP contribution in [0.5, 0.6) is 5.75 Å². The van der Waals surface area contributed by atoms with Gasteiger partial charge in [0.1, 0.15) is 0 Å². The van der Waals surface area contributed by atoms with Gasteiger partial charge in [0.05, 0.1) is 17.6 Å². The van der Waals surface area contributed by atoms with Gasteiger partial charge in [0, 0.05) is 16.6 Å². The molecule has 0 unspecified atom stereocenters. The summed E-state index contributed by atoms with van der Waals surface area (Å²) in [6.07, 6.45) is 0. The molecule has 0 spiro atoms. The number of methoxy groups -OCH3 is 1. The lowest BCUT2D eigenvalue weighted by atomic mass is 10.2. The largest absolute Gasteiger partial charge is 0.490 e. The van der Waals surface area contributed by atoms with Gasteiger partial charge in [-0.25, -0.2) is 0 Å². The maximum Gasteiger partial charge on any atom is 0.311 e. The van der Waals surface area contributed by atoms with Gasteiger partial charge in [-0.1, -0.05) is 0 Å². The Balaban J connectivity index is 3.43. The zero-order chi connectivity index (χ0) is 11.6. The molecule has 1 aromatic carbocycles. The molecule has 0 aliphatic carbocycles. The molecule has 0 fully saturated rings. The van der Waals surface area contributed by atoms with Gasteiger partial charge in [0.25, 0.3) is 5.24 Å². The lowest BCUT2D eigenvalue weighted by Crippen LogP contribution is -1.98. The van der Waals surface area contributed by atoms with E-state index in [2.05, 4.69) is 15.9 Å². The van der Waals surface area contributed by atoms with E-state index in [4.69, 9.17) is 16.3 Å². The monoisotopic (exact) mass is 293 g/mol. The summed E-state index contributed by atoms with van der Waals surface area (Å²) in [5.41, 5.74) is -0.270. The van der Waals surface area contributed by atoms with E-state index in [1.165, 1.54) is 13.2 Å². The van der Waals surface area contributed by atoms with Crippen LogP contribution in [0.3, 0.4) is 0 Å². The summed E-state index contributed by atoms with van der Waals surface area (Å²) in [5, 5.41) is 9.85. The molecule has 0 heterocycles. The molecule has 1 aromatic rings. The summed E-state index contributed by atoms with van der Waals surface area (Å²) in [7, 11) is 1.30. The molecular formula is C8H5BrClNO4. The van der Waals surface area contributed by atoms with Crippen molar-refractivity contribution in [1.82, 2.24) is 0 Å². The number of ether oxygens (including phenoxy) is 1. The highest BCUT2D eigenvalue weighted by Crippen LogP contribution is 2.33. The lowest BCUT2D eigenvalue weighted by molar-refractivity contribution is -0.385. The quantitative estimate of drug-likeness (QED) is 0.488. The summed E-state index contributed by atoms with van der Waals surface area (Å²) >= 11 is 8.31. The molecule has 80 valence electrons. The van der Waals surface area contributed by atoms with Gasteiger partial charge >= 0.3 is 5.69 Å². The summed E-state index contributed by atoms with van der Waals surface area (Å²) in [5.74, 6) is 0.0635. The highest BCUT2D eigenvalue weighted by Gasteiger charge is 2.20. The van der Waals surface area contributed by atoms with Crippen molar-refractivity contribution in [2.45, 2.75) is 0 Å². The van der Waals surface area contributed by atoms with Gasteiger partial charge in [0.2, 0.25) is 0 Å². The average Bonchev–Trinajstić information content (AvgIpc) is 2.16. The fraction of sp³-hybridized carbons (Fsp3) is 0.125. The van der Waals surface area contributed by atoms with E-state index in [1.54, 1.807) is 0 Å². The van der Waals surface area contributed by atoms with Gasteiger partial charge in [-0.15, -0.1) is 0 Å². The fourth-order valence-corrected chi connectivity index (χ4v) is 1.77. The third-order valence-electron chi connectivity index (χ3n) is 1.68. The Hall–Kier alpha value is -1.14. The number of hydrogen-bond donors (Lipinski definition) is 0. The molecule has 0 aliphatic rings. The van der Waals surface area contributed by atoms with Gasteiger partial charge < -0.3 is 4.74 Å². The fourth-order valence-electron chi connectivity index (χ4n) is 1.00. The van der Waals surface area contributed by atoms with E-state index in [0.717, 1.165) is 6.07 Å². The summed E-state index contributed by atoms with van der Waals surface area (Å²) in [4.78, 5) is 20.9. The van der Waals surface area contributed by atoms with E-state index < -0.39 is 10.2 Å². The van der Waals surface area contributed by atoms with Crippen LogP contribution in [0.2, 0.25) is 0 Å². The maximum absolute atomic E-state index is 10.9. The number of rotatable bonds is 3. The van der Waals surface area contributed by atoms with E-state index in [1.807, 2.05) is 0 Å². The number of halogens is 2. The van der Waals surface area contributed by atoms with Crippen LogP contribution in [0.1, 0.15) is 10.4 Å². The van der Waals surface area contributed by atoms with E-state index in [9.17, 15) is 14.9 Å². The zero-order valence-electron chi connectivity index (χ0n) is 7.49. The standard InChI is InChI=1S/C8H5BrClNO4/c1-15-7-3-5(9)4(8(10)12)2-6(7)11(13)14/h2-3H,1H3. The third-order valence-corrected chi connectivity index (χ3v) is 2.54. The van der Waals surface area contributed by atoms with Gasteiger partial charge in [0.15, 0.2) is 5.75 Å². The normalized spacial score (nSPS) is 9.80. The van der Waals surface area contributed by atoms with E-state index >= 15 is 0 Å². The Kier molecular flexibility index (Phi) is 3.65. The Labute approximate surface area is 98.3 Å². The Morgan fingerprint density at radius 3 is 2.60 bits per heavy atom. The Morgan fingerprint density at radius 2 is 2.20 bits per heavy atom. The molecule has 0 saturated carbocycles. The van der Waals surface area contributed by atoms with E-state index in [0.29, 0.717) is 4.47 Å². The molecule has 0 aliphatic heterocycles. The molecule has 7 heteroatoms. The molecule has 5 nitrogen and oxygen atoms in total. The van der Waals surface area contributed by atoms with Gasteiger partial charge in [-0.2, -0.15) is 0 Å². The van der Waals surface area contributed by atoms with Crippen molar-refractivity contribution in [2.24, 2.45) is 0 Å². The number of nitro groups is 1. The minimum Gasteiger partial charge on any atom is -0.490 e. The second-order valence-corrected chi connectivity index (χ2v) is 3.73. The number of benzene rings is 1. The van der Waals surface area contributed by atoms with Crippen LogP contribution in [-0.4, -0.2) is 17.3 Å². The molecule has 15 heavy (non-hydrogen) atoms. The number of carbonyl (C=O) groups is 1. The van der Waals surface area contributed by atoms with Crippen molar-refractivity contribution in [3.8, 4) is 5.75 Å². The Morgan fingerprint density at radius 1 is 1.60 bits per heavy atom. The first-order valence-electron chi connectivity index (χ1n) is 3.69. The third kappa shape index (κ3) is 2.45. The molecular weight excluding hydrogens is 289 g/mol. The van der Waals surface area contributed by atoms with Crippen LogP contribution >= 0.6 is 27.5 Å². The lowest BCUT2D eigenvalue weighted by Gasteiger charge is -2.04. The van der Waals surface area contributed by atoms with Gasteiger partial charge in [-0.05, 0) is 27.5 Å². The van der Waals surface area contributed by atoms with Crippen molar-refractivity contribution in [2.75, 3.05) is 7.11 Å². The molecule has 0 bridgehead atoms. The van der Waals surface area contributed by atoms with Crippen LogP contribution in [-0.2, 0) is 0 Å². The first-order valence-corrected chi connectivity index (χ1v) is 4.86. The molecule has 0 atom stereocenters. The van der Waals surface area contributed by atoms with Crippen LogP contribution in [0.25, 0.3) is 0 Å². The molecule has 0 saturated heterocycles. The number of nitro benzene ring substituents is 1. The summed E-state index contributed by atoms with van der Waals surface area (Å²) < 4.78 is 5.15. The second-order valence-electron chi connectivity index (χ2n) is 2.53. The second kappa shape index (κ2) is 4.59. The van der Waals surface area contributed by atoms with Crippen LogP contribution in [0.15, 0.2) is 16.6 Å². The van der Waals surface area contributed by atoms with Crippen LogP contribution in [0, 0.1) is 10.1 Å². The number of hydrogen-bond acceptors (Lipinski definition) is 4. The topological polar surface area (TPSA) is 69.4 Å². The zero-order valence-corrected chi connectivity index (χ0v) is 9.83. The first kappa shape index (κ1) is 11.9. The van der Waals surface area contributed by atoms with E-state index in [-0.39, 0.29) is 17.0 Å². The highest BCUT2D eigenvalue weighted by atomic mass is 79.9. The minimum absolute atomic E-state index is 0.0316. The summed E-state index contributed by atoms with van der Waals surface area (Å²) in [6.45, 7) is 0. The SMILES string of the molecule is COc1cc(Br)c(C(=O)Cl)cc1[N+](=O)[O-]. The van der Waals surface area contributed by atoms with Crippen molar-refractivity contribution in [1.29, 1.82) is 0 Å². The maximum atomic E-state index is 10.9. The van der Waals surface area contributed by atoms with Gasteiger partial charge in [-0.3, -0.25) is 14.9 Å². The van der Waals surface area contributed by atoms with Crippen molar-refractivity contribution >= 4 is 38.5 Å². The molecule has 1 rings (SSSR count).